The molecule has 0 fully saturated rings. The Labute approximate surface area is 99.1 Å². The van der Waals surface area contributed by atoms with Crippen molar-refractivity contribution < 1.29 is 19.8 Å². The number of hydrogen-bond acceptors (Lipinski definition) is 3. The van der Waals surface area contributed by atoms with Crippen molar-refractivity contribution in [3.63, 3.8) is 0 Å². The van der Waals surface area contributed by atoms with Crippen LogP contribution in [0.2, 0.25) is 0 Å². The van der Waals surface area contributed by atoms with E-state index >= 15 is 0 Å². The lowest BCUT2D eigenvalue weighted by Gasteiger charge is -2.05. The molecule has 1 amide bonds. The first-order chi connectivity index (χ1) is 8.11. The van der Waals surface area contributed by atoms with Gasteiger partial charge >= 0.3 is 5.97 Å². The maximum Gasteiger partial charge on any atom is 0.303 e. The zero-order valence-corrected chi connectivity index (χ0v) is 9.35. The van der Waals surface area contributed by atoms with Crippen LogP contribution in [0.4, 0.5) is 5.69 Å². The van der Waals surface area contributed by atoms with Gasteiger partial charge in [-0.1, -0.05) is 12.1 Å². The van der Waals surface area contributed by atoms with Crippen molar-refractivity contribution in [2.75, 3.05) is 5.32 Å². The maximum atomic E-state index is 11.4. The van der Waals surface area contributed by atoms with Gasteiger partial charge < -0.3 is 15.5 Å². The van der Waals surface area contributed by atoms with Crippen LogP contribution in [-0.4, -0.2) is 22.1 Å². The molecular weight excluding hydrogens is 222 g/mol. The average Bonchev–Trinajstić information content (AvgIpc) is 2.29. The molecule has 1 aromatic carbocycles. The number of hydrogen-bond donors (Lipinski definition) is 3. The van der Waals surface area contributed by atoms with E-state index in [0.717, 1.165) is 5.56 Å². The molecule has 0 atom stereocenters. The lowest BCUT2D eigenvalue weighted by molar-refractivity contribution is -0.137. The summed E-state index contributed by atoms with van der Waals surface area (Å²) in [5.74, 6) is -1.10. The summed E-state index contributed by atoms with van der Waals surface area (Å²) >= 11 is 0. The Balaban J connectivity index is 2.37. The van der Waals surface area contributed by atoms with Crippen molar-refractivity contribution in [1.82, 2.24) is 0 Å². The van der Waals surface area contributed by atoms with E-state index in [1.807, 2.05) is 0 Å². The highest BCUT2D eigenvalue weighted by Gasteiger charge is 2.04. The van der Waals surface area contributed by atoms with E-state index in [2.05, 4.69) is 5.32 Å². The predicted molar refractivity (Wildman–Crippen MR) is 62.5 cm³/mol. The highest BCUT2D eigenvalue weighted by Crippen LogP contribution is 2.10. The Morgan fingerprint density at radius 2 is 1.76 bits per heavy atom. The first kappa shape index (κ1) is 13.2. The zero-order valence-electron chi connectivity index (χ0n) is 9.35. The number of anilines is 1. The third kappa shape index (κ3) is 5.12. The van der Waals surface area contributed by atoms with Crippen LogP contribution >= 0.6 is 0 Å². The molecule has 0 aliphatic rings. The fraction of sp³-hybridized carbons (Fsp3) is 0.333. The molecule has 0 unspecified atom stereocenters. The third-order valence-corrected chi connectivity index (χ3v) is 2.21. The number of carboxylic acid groups (broad SMARTS) is 1. The monoisotopic (exact) mass is 237 g/mol. The quantitative estimate of drug-likeness (QED) is 0.697. The lowest BCUT2D eigenvalue weighted by Crippen LogP contribution is -2.11. The van der Waals surface area contributed by atoms with Gasteiger partial charge in [0.25, 0.3) is 0 Å². The van der Waals surface area contributed by atoms with Gasteiger partial charge in [0.05, 0.1) is 6.61 Å². The number of amides is 1. The van der Waals surface area contributed by atoms with E-state index < -0.39 is 5.97 Å². The molecule has 5 nitrogen and oxygen atoms in total. The van der Waals surface area contributed by atoms with E-state index in [-0.39, 0.29) is 25.4 Å². The predicted octanol–water partition coefficient (Wildman–Crippen LogP) is 1.37. The highest BCUT2D eigenvalue weighted by atomic mass is 16.4. The summed E-state index contributed by atoms with van der Waals surface area (Å²) in [6.07, 6.45) is 0.515. The second kappa shape index (κ2) is 6.65. The van der Waals surface area contributed by atoms with Gasteiger partial charge in [0.2, 0.25) is 5.91 Å². The SMILES string of the molecule is O=C(O)CCCC(=O)Nc1ccc(CO)cc1. The molecule has 0 aliphatic carbocycles. The van der Waals surface area contributed by atoms with Gasteiger partial charge in [0, 0.05) is 18.5 Å². The molecule has 0 aliphatic heterocycles. The number of carbonyl (C=O) groups is 2. The van der Waals surface area contributed by atoms with Gasteiger partial charge in [0.1, 0.15) is 0 Å². The molecule has 0 aromatic heterocycles. The molecule has 17 heavy (non-hydrogen) atoms. The fourth-order valence-electron chi connectivity index (χ4n) is 1.32. The van der Waals surface area contributed by atoms with E-state index in [1.165, 1.54) is 0 Å². The van der Waals surface area contributed by atoms with Gasteiger partial charge in [-0.15, -0.1) is 0 Å². The Hall–Kier alpha value is -1.88. The fourth-order valence-corrected chi connectivity index (χ4v) is 1.32. The second-order valence-corrected chi connectivity index (χ2v) is 3.65. The average molecular weight is 237 g/mol. The molecule has 0 radical (unpaired) electrons. The minimum atomic E-state index is -0.898. The molecule has 92 valence electrons. The first-order valence-electron chi connectivity index (χ1n) is 5.33. The Morgan fingerprint density at radius 1 is 1.12 bits per heavy atom. The van der Waals surface area contributed by atoms with Gasteiger partial charge in [-0.2, -0.15) is 0 Å². The summed E-state index contributed by atoms with van der Waals surface area (Å²) in [5.41, 5.74) is 1.41. The van der Waals surface area contributed by atoms with Crippen molar-refractivity contribution in [3.05, 3.63) is 29.8 Å². The van der Waals surface area contributed by atoms with Gasteiger partial charge in [-0.05, 0) is 24.1 Å². The Bertz CT molecular complexity index is 386. The summed E-state index contributed by atoms with van der Waals surface area (Å²) in [7, 11) is 0. The normalized spacial score (nSPS) is 9.94. The standard InChI is InChI=1S/C12H15NO4/c14-8-9-4-6-10(7-5-9)13-11(15)2-1-3-12(16)17/h4-7,14H,1-3,8H2,(H,13,15)(H,16,17). The Morgan fingerprint density at radius 3 is 2.29 bits per heavy atom. The smallest absolute Gasteiger partial charge is 0.303 e. The molecule has 3 N–H and O–H groups in total. The van der Waals surface area contributed by atoms with Crippen LogP contribution < -0.4 is 5.32 Å². The second-order valence-electron chi connectivity index (χ2n) is 3.65. The van der Waals surface area contributed by atoms with Crippen molar-refractivity contribution in [3.8, 4) is 0 Å². The van der Waals surface area contributed by atoms with Crippen molar-refractivity contribution in [2.45, 2.75) is 25.9 Å². The zero-order chi connectivity index (χ0) is 12.7. The number of aliphatic hydroxyl groups excluding tert-OH is 1. The van der Waals surface area contributed by atoms with E-state index in [4.69, 9.17) is 10.2 Å². The van der Waals surface area contributed by atoms with Crippen LogP contribution in [-0.2, 0) is 16.2 Å². The molecule has 0 spiro atoms. The van der Waals surface area contributed by atoms with Crippen molar-refractivity contribution in [2.24, 2.45) is 0 Å². The van der Waals surface area contributed by atoms with Gasteiger partial charge in [0.15, 0.2) is 0 Å². The highest BCUT2D eigenvalue weighted by molar-refractivity contribution is 5.90. The topological polar surface area (TPSA) is 86.6 Å². The molecular formula is C12H15NO4. The van der Waals surface area contributed by atoms with Crippen LogP contribution in [0.3, 0.4) is 0 Å². The molecule has 0 saturated carbocycles. The number of nitrogens with one attached hydrogen (secondary N) is 1. The van der Waals surface area contributed by atoms with Crippen LogP contribution in [0.1, 0.15) is 24.8 Å². The number of aliphatic hydroxyl groups is 1. The van der Waals surface area contributed by atoms with Crippen LogP contribution in [0, 0.1) is 0 Å². The number of benzene rings is 1. The van der Waals surface area contributed by atoms with E-state index in [9.17, 15) is 9.59 Å². The van der Waals surface area contributed by atoms with Gasteiger partial charge in [-0.25, -0.2) is 0 Å². The summed E-state index contributed by atoms with van der Waals surface area (Å²) in [6.45, 7) is -0.0349. The van der Waals surface area contributed by atoms with E-state index in [0.29, 0.717) is 12.1 Å². The van der Waals surface area contributed by atoms with Crippen molar-refractivity contribution >= 4 is 17.6 Å². The third-order valence-electron chi connectivity index (χ3n) is 2.21. The molecule has 0 saturated heterocycles. The van der Waals surface area contributed by atoms with Gasteiger partial charge in [-0.3, -0.25) is 9.59 Å². The van der Waals surface area contributed by atoms with E-state index in [1.54, 1.807) is 24.3 Å². The number of rotatable bonds is 6. The molecule has 1 aromatic rings. The molecule has 5 heteroatoms. The van der Waals surface area contributed by atoms with Crippen LogP contribution in [0.15, 0.2) is 24.3 Å². The molecule has 0 bridgehead atoms. The van der Waals surface area contributed by atoms with Crippen LogP contribution in [0.5, 0.6) is 0 Å². The maximum absolute atomic E-state index is 11.4. The van der Waals surface area contributed by atoms with Crippen molar-refractivity contribution in [1.29, 1.82) is 0 Å². The molecule has 1 rings (SSSR count). The molecule has 0 heterocycles. The summed E-state index contributed by atoms with van der Waals surface area (Å²) in [4.78, 5) is 21.6. The minimum absolute atomic E-state index is 0.00310. The van der Waals surface area contributed by atoms with Crippen LogP contribution in [0.25, 0.3) is 0 Å². The largest absolute Gasteiger partial charge is 0.481 e. The summed E-state index contributed by atoms with van der Waals surface area (Å²) in [5, 5.41) is 19.9. The summed E-state index contributed by atoms with van der Waals surface area (Å²) in [6, 6.07) is 6.82. The lowest BCUT2D eigenvalue weighted by atomic mass is 10.2. The number of carboxylic acids is 1. The summed E-state index contributed by atoms with van der Waals surface area (Å²) < 4.78 is 0. The number of carbonyl (C=O) groups excluding carboxylic acids is 1. The Kier molecular flexibility index (Phi) is 5.16. The minimum Gasteiger partial charge on any atom is -0.481 e. The first-order valence-corrected chi connectivity index (χ1v) is 5.33. The number of aliphatic carboxylic acids is 1.